The first kappa shape index (κ1) is 10.8. The number of hydrogen-bond acceptors (Lipinski definition) is 2. The van der Waals surface area contributed by atoms with Gasteiger partial charge in [0.25, 0.3) is 0 Å². The van der Waals surface area contributed by atoms with Crippen LogP contribution in [0.2, 0.25) is 0 Å². The number of thiol groups is 1. The van der Waals surface area contributed by atoms with Gasteiger partial charge in [0.15, 0.2) is 5.78 Å². The molecule has 0 unspecified atom stereocenters. The van der Waals surface area contributed by atoms with Crippen molar-refractivity contribution in [3.05, 3.63) is 35.1 Å². The molecule has 3 heteroatoms. The lowest BCUT2D eigenvalue weighted by molar-refractivity contribution is 0.101. The zero-order chi connectivity index (χ0) is 10.6. The van der Waals surface area contributed by atoms with Gasteiger partial charge in [-0.1, -0.05) is 17.9 Å². The topological polar surface area (TPSA) is 17.1 Å². The second kappa shape index (κ2) is 4.83. The highest BCUT2D eigenvalue weighted by Crippen LogP contribution is 2.12. The van der Waals surface area contributed by atoms with Gasteiger partial charge in [-0.2, -0.15) is 12.6 Å². The quantitative estimate of drug-likeness (QED) is 0.426. The zero-order valence-corrected chi connectivity index (χ0v) is 8.57. The van der Waals surface area contributed by atoms with E-state index in [1.54, 1.807) is 6.07 Å². The molecule has 0 saturated heterocycles. The number of carbonyl (C=O) groups excluding carboxylic acids is 1. The Morgan fingerprint density at radius 3 is 2.86 bits per heavy atom. The van der Waals surface area contributed by atoms with E-state index in [-0.39, 0.29) is 16.9 Å². The maximum absolute atomic E-state index is 13.5. The van der Waals surface area contributed by atoms with Crippen molar-refractivity contribution in [1.82, 2.24) is 0 Å². The first-order valence-corrected chi connectivity index (χ1v) is 4.69. The highest BCUT2D eigenvalue weighted by molar-refractivity contribution is 7.80. The number of halogens is 1. The second-order valence-electron chi connectivity index (χ2n) is 2.68. The highest BCUT2D eigenvalue weighted by Gasteiger charge is 2.09. The van der Waals surface area contributed by atoms with Crippen LogP contribution in [0.15, 0.2) is 18.2 Å². The summed E-state index contributed by atoms with van der Waals surface area (Å²) in [6, 6.07) is 4.60. The molecule has 0 N–H and O–H groups in total. The average Bonchev–Trinajstić information content (AvgIpc) is 2.16. The molecule has 0 amide bonds. The molecule has 0 spiro atoms. The maximum Gasteiger partial charge on any atom is 0.162 e. The third kappa shape index (κ3) is 2.36. The van der Waals surface area contributed by atoms with Crippen LogP contribution >= 0.6 is 12.6 Å². The smallest absolute Gasteiger partial charge is 0.162 e. The summed E-state index contributed by atoms with van der Waals surface area (Å²) in [6.45, 7) is 1.33. The van der Waals surface area contributed by atoms with Crippen molar-refractivity contribution in [2.24, 2.45) is 0 Å². The van der Waals surface area contributed by atoms with Crippen LogP contribution in [-0.2, 0) is 0 Å². The lowest BCUT2D eigenvalue weighted by Crippen LogP contribution is -1.98. The fourth-order valence-corrected chi connectivity index (χ4v) is 1.11. The van der Waals surface area contributed by atoms with Gasteiger partial charge in [0.05, 0.1) is 16.9 Å². The van der Waals surface area contributed by atoms with Gasteiger partial charge in [0.2, 0.25) is 0 Å². The molecule has 1 aromatic rings. The van der Waals surface area contributed by atoms with Crippen molar-refractivity contribution < 1.29 is 9.18 Å². The Labute approximate surface area is 87.7 Å². The van der Waals surface area contributed by atoms with Crippen LogP contribution in [0.25, 0.3) is 0 Å². The maximum atomic E-state index is 13.5. The summed E-state index contributed by atoms with van der Waals surface area (Å²) in [7, 11) is 0. The number of hydrogen-bond donors (Lipinski definition) is 1. The Kier molecular flexibility index (Phi) is 3.73. The van der Waals surface area contributed by atoms with E-state index < -0.39 is 5.82 Å². The summed E-state index contributed by atoms with van der Waals surface area (Å²) in [4.78, 5) is 11.0. The normalized spacial score (nSPS) is 9.07. The molecule has 1 aromatic carbocycles. The van der Waals surface area contributed by atoms with Crippen LogP contribution in [0, 0.1) is 17.7 Å². The van der Waals surface area contributed by atoms with Gasteiger partial charge in [-0.3, -0.25) is 4.79 Å². The molecule has 0 bridgehead atoms. The van der Waals surface area contributed by atoms with Crippen LogP contribution in [0.3, 0.4) is 0 Å². The molecule has 1 rings (SSSR count). The molecule has 0 aliphatic heterocycles. The van der Waals surface area contributed by atoms with Gasteiger partial charge >= 0.3 is 0 Å². The molecule has 0 aliphatic rings. The van der Waals surface area contributed by atoms with E-state index in [1.165, 1.54) is 19.1 Å². The minimum atomic E-state index is -0.547. The predicted octanol–water partition coefficient (Wildman–Crippen LogP) is 2.31. The van der Waals surface area contributed by atoms with Crippen molar-refractivity contribution >= 4 is 18.4 Å². The van der Waals surface area contributed by atoms with Gasteiger partial charge in [0.1, 0.15) is 5.82 Å². The van der Waals surface area contributed by atoms with Gasteiger partial charge in [-0.15, -0.1) is 0 Å². The minimum Gasteiger partial charge on any atom is -0.294 e. The Morgan fingerprint density at radius 2 is 2.29 bits per heavy atom. The number of rotatable bonds is 1. The number of ketones is 1. The fraction of sp³-hybridized carbons (Fsp3) is 0.182. The second-order valence-corrected chi connectivity index (χ2v) is 3.00. The van der Waals surface area contributed by atoms with Gasteiger partial charge in [-0.05, 0) is 19.1 Å². The third-order valence-electron chi connectivity index (χ3n) is 1.68. The summed E-state index contributed by atoms with van der Waals surface area (Å²) in [6.07, 6.45) is 0. The molecule has 1 nitrogen and oxygen atoms in total. The van der Waals surface area contributed by atoms with Gasteiger partial charge < -0.3 is 0 Å². The Morgan fingerprint density at radius 1 is 1.57 bits per heavy atom. The number of benzene rings is 1. The molecule has 0 fully saturated rings. The van der Waals surface area contributed by atoms with E-state index in [4.69, 9.17) is 0 Å². The molecule has 0 saturated carbocycles. The van der Waals surface area contributed by atoms with Gasteiger partial charge in [0, 0.05) is 0 Å². The molecule has 0 radical (unpaired) electrons. The van der Waals surface area contributed by atoms with E-state index in [9.17, 15) is 9.18 Å². The van der Waals surface area contributed by atoms with Crippen molar-refractivity contribution in [2.75, 3.05) is 5.75 Å². The standard InChI is InChI=1S/C11H9FOS/c1-8(13)10-6-2-4-9(11(10)12)5-3-7-14/h2,4,6,14H,7H2,1H3. The zero-order valence-electron chi connectivity index (χ0n) is 7.67. The summed E-state index contributed by atoms with van der Waals surface area (Å²) in [5.41, 5.74) is 0.322. The highest BCUT2D eigenvalue weighted by atomic mass is 32.1. The molecule has 0 atom stereocenters. The lowest BCUT2D eigenvalue weighted by Gasteiger charge is -1.99. The fourth-order valence-electron chi connectivity index (χ4n) is 1.04. The first-order valence-electron chi connectivity index (χ1n) is 4.06. The van der Waals surface area contributed by atoms with Crippen LogP contribution < -0.4 is 0 Å². The van der Waals surface area contributed by atoms with Crippen molar-refractivity contribution in [1.29, 1.82) is 0 Å². The Hall–Kier alpha value is -1.27. The predicted molar refractivity (Wildman–Crippen MR) is 57.1 cm³/mol. The number of Topliss-reactive ketones (excluding diaryl/α,β-unsaturated/α-hetero) is 1. The minimum absolute atomic E-state index is 0.0796. The van der Waals surface area contributed by atoms with E-state index in [0.717, 1.165) is 0 Å². The lowest BCUT2D eigenvalue weighted by atomic mass is 10.1. The van der Waals surface area contributed by atoms with Crippen molar-refractivity contribution in [2.45, 2.75) is 6.92 Å². The van der Waals surface area contributed by atoms with E-state index >= 15 is 0 Å². The van der Waals surface area contributed by atoms with Crippen LogP contribution in [0.1, 0.15) is 22.8 Å². The molecule has 0 aliphatic carbocycles. The van der Waals surface area contributed by atoms with Crippen molar-refractivity contribution in [3.8, 4) is 11.8 Å². The molecule has 0 aromatic heterocycles. The molecule has 14 heavy (non-hydrogen) atoms. The van der Waals surface area contributed by atoms with E-state index in [2.05, 4.69) is 24.5 Å². The van der Waals surface area contributed by atoms with Crippen molar-refractivity contribution in [3.63, 3.8) is 0 Å². The summed E-state index contributed by atoms with van der Waals surface area (Å²) >= 11 is 3.89. The van der Waals surface area contributed by atoms with E-state index in [0.29, 0.717) is 5.75 Å². The van der Waals surface area contributed by atoms with E-state index in [1.807, 2.05) is 0 Å². The monoisotopic (exact) mass is 208 g/mol. The van der Waals surface area contributed by atoms with Crippen LogP contribution in [-0.4, -0.2) is 11.5 Å². The largest absolute Gasteiger partial charge is 0.294 e. The molecule has 72 valence electrons. The SMILES string of the molecule is CC(=O)c1cccc(C#CCS)c1F. The average molecular weight is 208 g/mol. The molecule has 0 heterocycles. The first-order chi connectivity index (χ1) is 6.66. The summed E-state index contributed by atoms with van der Waals surface area (Å²) < 4.78 is 13.5. The Bertz CT molecular complexity index is 415. The molecular formula is C11H9FOS. The van der Waals surface area contributed by atoms with Crippen LogP contribution in [0.4, 0.5) is 4.39 Å². The summed E-state index contributed by atoms with van der Waals surface area (Å²) in [5, 5.41) is 0. The third-order valence-corrected chi connectivity index (χ3v) is 1.84. The Balaban J connectivity index is 3.20. The van der Waals surface area contributed by atoms with Crippen LogP contribution in [0.5, 0.6) is 0 Å². The summed E-state index contributed by atoms with van der Waals surface area (Å²) in [5.74, 6) is 4.76. The van der Waals surface area contributed by atoms with Gasteiger partial charge in [-0.25, -0.2) is 4.39 Å². The number of carbonyl (C=O) groups is 1. The molecular weight excluding hydrogens is 199 g/mol.